The van der Waals surface area contributed by atoms with Gasteiger partial charge in [-0.1, -0.05) is 48.6 Å². The maximum Gasteiger partial charge on any atom is 0.329 e. The molecule has 0 saturated carbocycles. The van der Waals surface area contributed by atoms with Crippen molar-refractivity contribution in [1.82, 2.24) is 0 Å². The molecule has 1 aromatic carbocycles. The number of rotatable bonds is 4. The number of allylic oxidation sites excluding steroid dienone is 3. The first-order valence-corrected chi connectivity index (χ1v) is 7.05. The molecule has 1 aromatic rings. The Morgan fingerprint density at radius 1 is 1.11 bits per heavy atom. The Labute approximate surface area is 109 Å². The van der Waals surface area contributed by atoms with E-state index in [0.717, 1.165) is 10.5 Å². The van der Waals surface area contributed by atoms with Gasteiger partial charge in [0.05, 0.1) is 0 Å². The molecule has 0 bridgehead atoms. The summed E-state index contributed by atoms with van der Waals surface area (Å²) in [6.45, 7) is 0. The molecule has 0 unspecified atom stereocenters. The molecule has 3 heteroatoms. The molecule has 1 heterocycles. The van der Waals surface area contributed by atoms with E-state index in [0.29, 0.717) is 0 Å². The van der Waals surface area contributed by atoms with Gasteiger partial charge in [0, 0.05) is 11.0 Å². The number of thiol groups is 1. The van der Waals surface area contributed by atoms with Crippen molar-refractivity contribution in [3.63, 3.8) is 0 Å². The van der Waals surface area contributed by atoms with Crippen LogP contribution in [0.25, 0.3) is 6.08 Å². The number of carbonyl (C=O) groups is 1. The summed E-state index contributed by atoms with van der Waals surface area (Å²) in [6, 6.07) is 9.85. The molecular formula is C15H14O2S. The van der Waals surface area contributed by atoms with Gasteiger partial charge in [-0.25, -0.2) is 4.79 Å². The third kappa shape index (κ3) is 3.50. The van der Waals surface area contributed by atoms with E-state index in [1.165, 1.54) is 6.08 Å². The van der Waals surface area contributed by atoms with Crippen LogP contribution in [0.2, 0.25) is 0 Å². The van der Waals surface area contributed by atoms with Crippen molar-refractivity contribution in [3.8, 4) is 0 Å². The van der Waals surface area contributed by atoms with Crippen LogP contribution < -0.4 is 0 Å². The van der Waals surface area contributed by atoms with Gasteiger partial charge in [0.2, 0.25) is 0 Å². The number of hydrogen-bond acceptors (Lipinski definition) is 1. The van der Waals surface area contributed by atoms with Crippen molar-refractivity contribution >= 4 is 22.9 Å². The van der Waals surface area contributed by atoms with E-state index in [2.05, 4.69) is 0 Å². The molecule has 18 heavy (non-hydrogen) atoms. The van der Waals surface area contributed by atoms with Crippen LogP contribution in [0.5, 0.6) is 0 Å². The zero-order valence-electron chi connectivity index (χ0n) is 9.73. The summed E-state index contributed by atoms with van der Waals surface area (Å²) in [5.41, 5.74) is 1.07. The fourth-order valence-electron chi connectivity index (χ4n) is 1.59. The zero-order chi connectivity index (χ0) is 12.8. The first-order valence-electron chi connectivity index (χ1n) is 5.57. The van der Waals surface area contributed by atoms with Gasteiger partial charge >= 0.3 is 5.97 Å². The second-order valence-corrected chi connectivity index (χ2v) is 5.67. The quantitative estimate of drug-likeness (QED) is 0.491. The van der Waals surface area contributed by atoms with Gasteiger partial charge in [0.1, 0.15) is 0 Å². The van der Waals surface area contributed by atoms with Gasteiger partial charge < -0.3 is 5.11 Å². The number of aliphatic carboxylic acids is 1. The van der Waals surface area contributed by atoms with Gasteiger partial charge in [-0.05, 0) is 22.5 Å². The Balaban J connectivity index is 2.21. The molecule has 0 amide bonds. The monoisotopic (exact) mass is 258 g/mol. The molecule has 0 spiro atoms. The number of carboxylic acids is 1. The zero-order valence-corrected chi connectivity index (χ0v) is 10.6. The Kier molecular flexibility index (Phi) is 4.20. The molecule has 0 radical (unpaired) electrons. The molecule has 1 aliphatic rings. The Bertz CT molecular complexity index is 527. The van der Waals surface area contributed by atoms with E-state index < -0.39 is 16.9 Å². The fraction of sp³-hybridized carbons (Fsp3) is 0. The van der Waals surface area contributed by atoms with Crippen molar-refractivity contribution in [2.24, 2.45) is 0 Å². The highest BCUT2D eigenvalue weighted by Crippen LogP contribution is 2.42. The summed E-state index contributed by atoms with van der Waals surface area (Å²) in [5.74, 6) is -0.904. The Hall–Kier alpha value is -2.00. The van der Waals surface area contributed by atoms with Crippen molar-refractivity contribution in [1.29, 1.82) is 0 Å². The standard InChI is InChI=1S/C15H14O2S/c16-15(17)12-14(18-10-4-5-11-18)9-8-13-6-2-1-3-7-13/h1-12,18H,(H,16,17). The number of benzene rings is 1. The van der Waals surface area contributed by atoms with E-state index in [-0.39, 0.29) is 0 Å². The maximum atomic E-state index is 10.8. The summed E-state index contributed by atoms with van der Waals surface area (Å²) < 4.78 is 0. The first kappa shape index (κ1) is 12.5. The van der Waals surface area contributed by atoms with E-state index >= 15 is 0 Å². The predicted octanol–water partition coefficient (Wildman–Crippen LogP) is 3.71. The van der Waals surface area contributed by atoms with Gasteiger partial charge in [-0.15, -0.1) is 0 Å². The van der Waals surface area contributed by atoms with Crippen molar-refractivity contribution in [3.05, 3.63) is 75.9 Å². The minimum absolute atomic E-state index is 0.605. The summed E-state index contributed by atoms with van der Waals surface area (Å²) in [6.07, 6.45) is 9.02. The third-order valence-corrected chi connectivity index (χ3v) is 4.28. The number of hydrogen-bond donors (Lipinski definition) is 2. The lowest BCUT2D eigenvalue weighted by atomic mass is 10.2. The second kappa shape index (κ2) is 6.07. The Morgan fingerprint density at radius 3 is 2.39 bits per heavy atom. The second-order valence-electron chi connectivity index (χ2n) is 3.74. The highest BCUT2D eigenvalue weighted by Gasteiger charge is 2.05. The molecule has 1 aliphatic heterocycles. The van der Waals surface area contributed by atoms with Crippen molar-refractivity contribution in [2.45, 2.75) is 0 Å². The smallest absolute Gasteiger partial charge is 0.329 e. The lowest BCUT2D eigenvalue weighted by molar-refractivity contribution is -0.131. The molecule has 0 atom stereocenters. The first-order chi connectivity index (χ1) is 8.75. The van der Waals surface area contributed by atoms with Gasteiger partial charge in [-0.2, -0.15) is 10.9 Å². The minimum Gasteiger partial charge on any atom is -0.478 e. The third-order valence-electron chi connectivity index (χ3n) is 2.42. The number of carboxylic acid groups (broad SMARTS) is 1. The van der Waals surface area contributed by atoms with Crippen LogP contribution in [0, 0.1) is 0 Å². The summed E-state index contributed by atoms with van der Waals surface area (Å²) in [4.78, 5) is 11.7. The molecular weight excluding hydrogens is 244 g/mol. The van der Waals surface area contributed by atoms with Gasteiger partial charge in [0.25, 0.3) is 0 Å². The van der Waals surface area contributed by atoms with Crippen LogP contribution in [-0.4, -0.2) is 11.1 Å². The van der Waals surface area contributed by atoms with Crippen LogP contribution >= 0.6 is 10.9 Å². The van der Waals surface area contributed by atoms with Gasteiger partial charge in [0.15, 0.2) is 0 Å². The summed E-state index contributed by atoms with van der Waals surface area (Å²) in [5, 5.41) is 13.0. The molecule has 2 rings (SSSR count). The fourth-order valence-corrected chi connectivity index (χ4v) is 3.11. The van der Waals surface area contributed by atoms with Crippen molar-refractivity contribution in [2.75, 3.05) is 0 Å². The lowest BCUT2D eigenvalue weighted by Gasteiger charge is -2.10. The van der Waals surface area contributed by atoms with Crippen molar-refractivity contribution < 1.29 is 9.90 Å². The lowest BCUT2D eigenvalue weighted by Crippen LogP contribution is -1.90. The largest absolute Gasteiger partial charge is 0.478 e. The highest BCUT2D eigenvalue weighted by molar-refractivity contribution is 8.25. The highest BCUT2D eigenvalue weighted by atomic mass is 32.2. The van der Waals surface area contributed by atoms with E-state index in [4.69, 9.17) is 5.11 Å². The van der Waals surface area contributed by atoms with E-state index in [9.17, 15) is 4.79 Å². The van der Waals surface area contributed by atoms with E-state index in [1.807, 2.05) is 65.5 Å². The molecule has 92 valence electrons. The van der Waals surface area contributed by atoms with E-state index in [1.54, 1.807) is 0 Å². The Morgan fingerprint density at radius 2 is 1.78 bits per heavy atom. The predicted molar refractivity (Wildman–Crippen MR) is 78.5 cm³/mol. The van der Waals surface area contributed by atoms with Crippen LogP contribution in [0.15, 0.2) is 70.4 Å². The normalized spacial score (nSPS) is 16.7. The SMILES string of the molecule is O=C(O)C=C(C=Cc1ccccc1)[SH]1C=CC=C1. The molecule has 2 nitrogen and oxygen atoms in total. The molecule has 0 saturated heterocycles. The topological polar surface area (TPSA) is 37.3 Å². The average Bonchev–Trinajstić information content (AvgIpc) is 2.89. The summed E-state index contributed by atoms with van der Waals surface area (Å²) >= 11 is 0. The molecule has 0 fully saturated rings. The van der Waals surface area contributed by atoms with Crippen LogP contribution in [-0.2, 0) is 4.79 Å². The van der Waals surface area contributed by atoms with Crippen LogP contribution in [0.1, 0.15) is 5.56 Å². The minimum atomic E-state index is -0.904. The molecule has 1 N–H and O–H groups in total. The van der Waals surface area contributed by atoms with Crippen LogP contribution in [0.4, 0.5) is 0 Å². The average molecular weight is 258 g/mol. The maximum absolute atomic E-state index is 10.8. The van der Waals surface area contributed by atoms with Gasteiger partial charge in [-0.3, -0.25) is 0 Å². The molecule has 0 aromatic heterocycles. The molecule has 0 aliphatic carbocycles. The summed E-state index contributed by atoms with van der Waals surface area (Å²) in [7, 11) is -0.605. The van der Waals surface area contributed by atoms with Crippen LogP contribution in [0.3, 0.4) is 0 Å².